The van der Waals surface area contributed by atoms with Crippen molar-refractivity contribution in [3.63, 3.8) is 0 Å². The summed E-state index contributed by atoms with van der Waals surface area (Å²) in [7, 11) is 0. The van der Waals surface area contributed by atoms with Crippen LogP contribution in [0.3, 0.4) is 0 Å². The maximum atomic E-state index is 12.6. The number of hydrogen-bond donors (Lipinski definition) is 2. The first-order chi connectivity index (χ1) is 10.9. The average molecular weight is 323 g/mol. The Morgan fingerprint density at radius 3 is 2.65 bits per heavy atom. The first-order valence-corrected chi connectivity index (χ1v) is 7.49. The van der Waals surface area contributed by atoms with Gasteiger partial charge in [0.15, 0.2) is 17.6 Å². The fourth-order valence-corrected chi connectivity index (χ4v) is 2.49. The number of amides is 1. The second-order valence-electron chi connectivity index (χ2n) is 5.63. The normalized spacial score (nSPS) is 17.0. The van der Waals surface area contributed by atoms with Crippen LogP contribution in [0.1, 0.15) is 26.3 Å². The predicted octanol–water partition coefficient (Wildman–Crippen LogP) is 1.41. The van der Waals surface area contributed by atoms with Gasteiger partial charge >= 0.3 is 5.97 Å². The first kappa shape index (κ1) is 17.1. The van der Waals surface area contributed by atoms with Crippen LogP contribution in [0.4, 0.5) is 5.69 Å². The Morgan fingerprint density at radius 2 is 2.13 bits per heavy atom. The van der Waals surface area contributed by atoms with Crippen LogP contribution in [0, 0.1) is 5.92 Å². The molecule has 1 heterocycles. The molecule has 0 spiro atoms. The summed E-state index contributed by atoms with van der Waals surface area (Å²) >= 11 is 0. The highest BCUT2D eigenvalue weighted by Crippen LogP contribution is 2.44. The van der Waals surface area contributed by atoms with Crippen LogP contribution >= 0.6 is 0 Å². The molecular formula is C16H21NO6. The van der Waals surface area contributed by atoms with Crippen molar-refractivity contribution in [1.82, 2.24) is 0 Å². The number of hydrogen-bond acceptors (Lipinski definition) is 5. The van der Waals surface area contributed by atoms with Crippen LogP contribution in [0.2, 0.25) is 0 Å². The highest BCUT2D eigenvalue weighted by molar-refractivity contribution is 6.03. The second-order valence-corrected chi connectivity index (χ2v) is 5.63. The number of anilines is 1. The smallest absolute Gasteiger partial charge is 0.323 e. The van der Waals surface area contributed by atoms with E-state index in [1.807, 2.05) is 13.8 Å². The van der Waals surface area contributed by atoms with Crippen molar-refractivity contribution in [3.05, 3.63) is 17.7 Å². The number of aliphatic hydroxyl groups excluding tert-OH is 1. The third-order valence-corrected chi connectivity index (χ3v) is 3.52. The summed E-state index contributed by atoms with van der Waals surface area (Å²) in [4.78, 5) is 24.9. The van der Waals surface area contributed by atoms with Gasteiger partial charge in [0.1, 0.15) is 6.54 Å². The monoisotopic (exact) mass is 323 g/mol. The number of rotatable bonds is 6. The Labute approximate surface area is 134 Å². The van der Waals surface area contributed by atoms with Crippen molar-refractivity contribution in [3.8, 4) is 11.5 Å². The van der Waals surface area contributed by atoms with E-state index in [4.69, 9.17) is 14.6 Å². The van der Waals surface area contributed by atoms with Crippen LogP contribution in [-0.4, -0.2) is 41.3 Å². The molecule has 0 fully saturated rings. The standard InChI is InChI=1S/C16H21NO6/c1-4-22-12-6-10(8-18)5-11-15(12)23-14(9(2)3)16(21)17(11)7-13(19)20/h5-6,9,14,18H,4,7-8H2,1-3H3,(H,19,20). The van der Waals surface area contributed by atoms with Gasteiger partial charge in [0.05, 0.1) is 18.9 Å². The molecule has 126 valence electrons. The Balaban J connectivity index is 2.59. The molecule has 1 aliphatic heterocycles. The minimum absolute atomic E-state index is 0.126. The Hall–Kier alpha value is -2.28. The fraction of sp³-hybridized carbons (Fsp3) is 0.500. The number of nitrogens with zero attached hydrogens (tertiary/aromatic N) is 1. The Morgan fingerprint density at radius 1 is 1.43 bits per heavy atom. The van der Waals surface area contributed by atoms with E-state index >= 15 is 0 Å². The van der Waals surface area contributed by atoms with Gasteiger partial charge < -0.3 is 19.7 Å². The van der Waals surface area contributed by atoms with Crippen LogP contribution < -0.4 is 14.4 Å². The molecule has 2 N–H and O–H groups in total. The molecule has 1 aromatic carbocycles. The molecule has 7 heteroatoms. The zero-order valence-corrected chi connectivity index (χ0v) is 13.4. The molecule has 2 rings (SSSR count). The molecule has 1 aliphatic rings. The van der Waals surface area contributed by atoms with Crippen LogP contribution in [0.25, 0.3) is 0 Å². The summed E-state index contributed by atoms with van der Waals surface area (Å²) in [6, 6.07) is 3.18. The van der Waals surface area contributed by atoms with E-state index in [2.05, 4.69) is 0 Å². The molecule has 7 nitrogen and oxygen atoms in total. The average Bonchev–Trinajstić information content (AvgIpc) is 2.49. The van der Waals surface area contributed by atoms with Crippen LogP contribution in [-0.2, 0) is 16.2 Å². The molecule has 0 bridgehead atoms. The number of carbonyl (C=O) groups is 2. The lowest BCUT2D eigenvalue weighted by Crippen LogP contribution is -2.50. The van der Waals surface area contributed by atoms with Gasteiger partial charge in [-0.15, -0.1) is 0 Å². The Kier molecular flexibility index (Phi) is 5.10. The van der Waals surface area contributed by atoms with Gasteiger partial charge in [0.2, 0.25) is 0 Å². The molecule has 1 aromatic rings. The number of carboxylic acids is 1. The van der Waals surface area contributed by atoms with E-state index in [0.717, 1.165) is 0 Å². The number of benzene rings is 1. The number of aliphatic hydroxyl groups is 1. The number of fused-ring (bicyclic) bond motifs is 1. The lowest BCUT2D eigenvalue weighted by molar-refractivity contribution is -0.138. The molecule has 0 saturated heterocycles. The summed E-state index contributed by atoms with van der Waals surface area (Å²) in [5, 5.41) is 18.5. The number of carboxylic acid groups (broad SMARTS) is 1. The van der Waals surface area contributed by atoms with Gasteiger partial charge in [-0.25, -0.2) is 0 Å². The van der Waals surface area contributed by atoms with Crippen molar-refractivity contribution in [2.75, 3.05) is 18.1 Å². The third-order valence-electron chi connectivity index (χ3n) is 3.52. The van der Waals surface area contributed by atoms with Gasteiger partial charge in [-0.1, -0.05) is 13.8 Å². The minimum atomic E-state index is -1.12. The summed E-state index contributed by atoms with van der Waals surface area (Å²) in [6.07, 6.45) is -0.777. The van der Waals surface area contributed by atoms with Crippen molar-refractivity contribution in [2.45, 2.75) is 33.5 Å². The maximum absolute atomic E-state index is 12.6. The van der Waals surface area contributed by atoms with Gasteiger partial charge in [0, 0.05) is 0 Å². The number of carbonyl (C=O) groups excluding carboxylic acids is 1. The van der Waals surface area contributed by atoms with Crippen LogP contribution in [0.5, 0.6) is 11.5 Å². The van der Waals surface area contributed by atoms with Crippen molar-refractivity contribution < 1.29 is 29.3 Å². The largest absolute Gasteiger partial charge is 0.490 e. The molecular weight excluding hydrogens is 302 g/mol. The molecule has 0 aromatic heterocycles. The van der Waals surface area contributed by atoms with Gasteiger partial charge in [-0.3, -0.25) is 14.5 Å². The second kappa shape index (κ2) is 6.87. The zero-order valence-electron chi connectivity index (χ0n) is 13.4. The van der Waals surface area contributed by atoms with Crippen molar-refractivity contribution in [1.29, 1.82) is 0 Å². The molecule has 1 unspecified atom stereocenters. The van der Waals surface area contributed by atoms with Gasteiger partial charge in [-0.2, -0.15) is 0 Å². The minimum Gasteiger partial charge on any atom is -0.490 e. The summed E-state index contributed by atoms with van der Waals surface area (Å²) < 4.78 is 11.4. The maximum Gasteiger partial charge on any atom is 0.323 e. The fourth-order valence-electron chi connectivity index (χ4n) is 2.49. The molecule has 1 amide bonds. The topological polar surface area (TPSA) is 96.3 Å². The molecule has 0 aliphatic carbocycles. The zero-order chi connectivity index (χ0) is 17.1. The highest BCUT2D eigenvalue weighted by Gasteiger charge is 2.39. The predicted molar refractivity (Wildman–Crippen MR) is 82.8 cm³/mol. The van der Waals surface area contributed by atoms with E-state index in [1.165, 1.54) is 4.90 Å². The van der Waals surface area contributed by atoms with E-state index in [0.29, 0.717) is 29.4 Å². The molecule has 0 radical (unpaired) electrons. The third kappa shape index (κ3) is 3.39. The van der Waals surface area contributed by atoms with E-state index in [9.17, 15) is 14.7 Å². The molecule has 23 heavy (non-hydrogen) atoms. The number of aliphatic carboxylic acids is 1. The van der Waals surface area contributed by atoms with E-state index in [-0.39, 0.29) is 12.5 Å². The SMILES string of the molecule is CCOc1cc(CO)cc2c1OC(C(C)C)C(=O)N2CC(=O)O. The quantitative estimate of drug-likeness (QED) is 0.822. The first-order valence-electron chi connectivity index (χ1n) is 7.49. The van der Waals surface area contributed by atoms with E-state index < -0.39 is 24.5 Å². The summed E-state index contributed by atoms with van der Waals surface area (Å²) in [5.74, 6) is -0.932. The van der Waals surface area contributed by atoms with Gasteiger partial charge in [-0.05, 0) is 30.5 Å². The lowest BCUT2D eigenvalue weighted by Gasteiger charge is -2.36. The van der Waals surface area contributed by atoms with Crippen molar-refractivity contribution in [2.24, 2.45) is 5.92 Å². The molecule has 0 saturated carbocycles. The summed E-state index contributed by atoms with van der Waals surface area (Å²) in [5.41, 5.74) is 0.825. The Bertz CT molecular complexity index is 613. The highest BCUT2D eigenvalue weighted by atomic mass is 16.5. The number of ether oxygens (including phenoxy) is 2. The molecule has 1 atom stereocenters. The summed E-state index contributed by atoms with van der Waals surface area (Å²) in [6.45, 7) is 5.11. The van der Waals surface area contributed by atoms with E-state index in [1.54, 1.807) is 19.1 Å². The van der Waals surface area contributed by atoms with Gasteiger partial charge in [0.25, 0.3) is 5.91 Å². The van der Waals surface area contributed by atoms with Crippen molar-refractivity contribution >= 4 is 17.6 Å². The lowest BCUT2D eigenvalue weighted by atomic mass is 10.0. The van der Waals surface area contributed by atoms with Crippen LogP contribution in [0.15, 0.2) is 12.1 Å².